The highest BCUT2D eigenvalue weighted by Gasteiger charge is 2.08. The summed E-state index contributed by atoms with van der Waals surface area (Å²) in [4.78, 5) is 17.0. The maximum absolute atomic E-state index is 11.6. The number of aromatic nitrogens is 4. The molecule has 8 nitrogen and oxygen atoms in total. The third kappa shape index (κ3) is 4.19. The fourth-order valence-electron chi connectivity index (χ4n) is 2.69. The van der Waals surface area contributed by atoms with Crippen molar-refractivity contribution in [1.82, 2.24) is 19.9 Å². The second kappa shape index (κ2) is 7.77. The van der Waals surface area contributed by atoms with Gasteiger partial charge in [-0.2, -0.15) is 0 Å². The number of nitrogens with two attached hydrogens (primary N) is 1. The number of sulfone groups is 1. The van der Waals surface area contributed by atoms with Gasteiger partial charge in [-0.15, -0.1) is 0 Å². The third-order valence-electron chi connectivity index (χ3n) is 4.22. The highest BCUT2D eigenvalue weighted by atomic mass is 32.2. The molecule has 0 bridgehead atoms. The maximum atomic E-state index is 11.6. The van der Waals surface area contributed by atoms with Crippen molar-refractivity contribution in [3.05, 3.63) is 72.4 Å². The van der Waals surface area contributed by atoms with Gasteiger partial charge in [0.2, 0.25) is 0 Å². The monoisotopic (exact) mass is 416 g/mol. The molecule has 0 fully saturated rings. The van der Waals surface area contributed by atoms with Crippen molar-refractivity contribution in [2.24, 2.45) is 0 Å². The van der Waals surface area contributed by atoms with Gasteiger partial charge in [-0.1, -0.05) is 5.92 Å². The predicted octanol–water partition coefficient (Wildman–Crippen LogP) is 2.55. The number of hydrogen-bond acceptors (Lipinski definition) is 8. The fourth-order valence-corrected chi connectivity index (χ4v) is 3.25. The fraction of sp³-hybridized carbons (Fsp3) is 0.0476. The van der Waals surface area contributed by atoms with E-state index in [-0.39, 0.29) is 4.90 Å². The Bertz CT molecular complexity index is 1410. The Kier molecular flexibility index (Phi) is 5.00. The van der Waals surface area contributed by atoms with Gasteiger partial charge in [0, 0.05) is 41.8 Å². The summed E-state index contributed by atoms with van der Waals surface area (Å²) in [6.07, 6.45) is 7.41. The topological polar surface area (TPSA) is 124 Å². The van der Waals surface area contributed by atoms with Gasteiger partial charge in [0.15, 0.2) is 9.84 Å². The summed E-state index contributed by atoms with van der Waals surface area (Å²) in [6.45, 7) is 0. The highest BCUT2D eigenvalue weighted by molar-refractivity contribution is 7.90. The molecule has 4 aromatic rings. The predicted molar refractivity (Wildman–Crippen MR) is 115 cm³/mol. The van der Waals surface area contributed by atoms with Crippen LogP contribution >= 0.6 is 0 Å². The summed E-state index contributed by atoms with van der Waals surface area (Å²) >= 11 is 0. The van der Waals surface area contributed by atoms with Crippen LogP contribution in [0.4, 0.5) is 17.5 Å². The Labute approximate surface area is 173 Å². The Morgan fingerprint density at radius 1 is 0.933 bits per heavy atom. The Morgan fingerprint density at radius 3 is 2.50 bits per heavy atom. The number of fused-ring (bicyclic) bond motifs is 1. The van der Waals surface area contributed by atoms with Crippen LogP contribution < -0.4 is 11.1 Å². The van der Waals surface area contributed by atoms with Crippen molar-refractivity contribution < 1.29 is 8.42 Å². The van der Waals surface area contributed by atoms with Crippen molar-refractivity contribution >= 4 is 38.1 Å². The van der Waals surface area contributed by atoms with Crippen LogP contribution in [0.25, 0.3) is 10.8 Å². The van der Waals surface area contributed by atoms with Gasteiger partial charge in [0.05, 0.1) is 10.5 Å². The van der Waals surface area contributed by atoms with Crippen molar-refractivity contribution in [2.75, 3.05) is 17.3 Å². The van der Waals surface area contributed by atoms with Crippen LogP contribution in [-0.4, -0.2) is 34.6 Å². The van der Waals surface area contributed by atoms with E-state index in [9.17, 15) is 8.42 Å². The standard InChI is InChI=1S/C21H16N6O2S/c1-30(28,29)16-5-7-19(26-13-16)27-20-11-17-15(12-25-20)8-10-23-18(17)6-4-14-3-2-9-24-21(14)22/h2-3,5,7-13H,1H3,(H2,22,24)(H,25,26,27). The molecule has 4 rings (SSSR count). The quantitative estimate of drug-likeness (QED) is 0.488. The second-order valence-electron chi connectivity index (χ2n) is 6.41. The van der Waals surface area contributed by atoms with Crippen LogP contribution in [0, 0.1) is 11.8 Å². The first-order valence-electron chi connectivity index (χ1n) is 8.80. The van der Waals surface area contributed by atoms with Crippen LogP contribution in [-0.2, 0) is 9.84 Å². The molecule has 4 aromatic heterocycles. The van der Waals surface area contributed by atoms with Crippen molar-refractivity contribution in [3.8, 4) is 11.8 Å². The molecular weight excluding hydrogens is 400 g/mol. The lowest BCUT2D eigenvalue weighted by atomic mass is 10.1. The minimum absolute atomic E-state index is 0.149. The van der Waals surface area contributed by atoms with E-state index in [0.717, 1.165) is 17.0 Å². The Morgan fingerprint density at radius 2 is 1.77 bits per heavy atom. The molecule has 0 aliphatic carbocycles. The average Bonchev–Trinajstić information content (AvgIpc) is 2.73. The van der Waals surface area contributed by atoms with E-state index in [1.165, 1.54) is 12.3 Å². The normalized spacial score (nSPS) is 11.0. The zero-order valence-electron chi connectivity index (χ0n) is 15.9. The van der Waals surface area contributed by atoms with Crippen molar-refractivity contribution in [2.45, 2.75) is 4.90 Å². The molecule has 0 aliphatic heterocycles. The molecule has 3 N–H and O–H groups in total. The molecule has 148 valence electrons. The SMILES string of the molecule is CS(=O)(=O)c1ccc(Nc2cc3c(C#Cc4cccnc4N)nccc3cn2)nc1. The molecule has 0 atom stereocenters. The van der Waals surface area contributed by atoms with Gasteiger partial charge in [-0.3, -0.25) is 0 Å². The van der Waals surface area contributed by atoms with Crippen molar-refractivity contribution in [1.29, 1.82) is 0 Å². The molecule has 0 amide bonds. The van der Waals surface area contributed by atoms with Crippen LogP contribution in [0.2, 0.25) is 0 Å². The molecule has 0 aliphatic rings. The van der Waals surface area contributed by atoms with Gasteiger partial charge in [-0.05, 0) is 42.3 Å². The zero-order valence-corrected chi connectivity index (χ0v) is 16.7. The molecule has 30 heavy (non-hydrogen) atoms. The molecular formula is C21H16N6O2S. The summed E-state index contributed by atoms with van der Waals surface area (Å²) in [5, 5.41) is 4.74. The van der Waals surface area contributed by atoms with E-state index in [2.05, 4.69) is 37.1 Å². The first-order chi connectivity index (χ1) is 14.4. The summed E-state index contributed by atoms with van der Waals surface area (Å²) in [5.74, 6) is 7.39. The minimum Gasteiger partial charge on any atom is -0.383 e. The summed E-state index contributed by atoms with van der Waals surface area (Å²) < 4.78 is 23.1. The Balaban J connectivity index is 1.67. The number of nitrogens with one attached hydrogen (secondary N) is 1. The lowest BCUT2D eigenvalue weighted by molar-refractivity contribution is 0.601. The average molecular weight is 416 g/mol. The van der Waals surface area contributed by atoms with Gasteiger partial charge in [0.25, 0.3) is 0 Å². The first-order valence-corrected chi connectivity index (χ1v) is 10.7. The minimum atomic E-state index is -3.30. The summed E-state index contributed by atoms with van der Waals surface area (Å²) in [7, 11) is -3.30. The Hall–Kier alpha value is -4.03. The lowest BCUT2D eigenvalue weighted by Crippen LogP contribution is -2.00. The first kappa shape index (κ1) is 19.3. The summed E-state index contributed by atoms with van der Waals surface area (Å²) in [6, 6.07) is 10.3. The number of nitrogens with zero attached hydrogens (tertiary/aromatic N) is 4. The van der Waals surface area contributed by atoms with Gasteiger partial charge < -0.3 is 11.1 Å². The van der Waals surface area contributed by atoms with E-state index in [4.69, 9.17) is 5.73 Å². The van der Waals surface area contributed by atoms with Crippen LogP contribution in [0.3, 0.4) is 0 Å². The zero-order chi connectivity index (χ0) is 21.1. The van der Waals surface area contributed by atoms with E-state index in [0.29, 0.717) is 28.7 Å². The highest BCUT2D eigenvalue weighted by Crippen LogP contribution is 2.21. The number of anilines is 3. The van der Waals surface area contributed by atoms with E-state index < -0.39 is 9.84 Å². The number of rotatable bonds is 3. The van der Waals surface area contributed by atoms with Gasteiger partial charge in [-0.25, -0.2) is 28.4 Å². The molecule has 9 heteroatoms. The largest absolute Gasteiger partial charge is 0.383 e. The number of hydrogen-bond donors (Lipinski definition) is 2. The molecule has 0 aromatic carbocycles. The molecule has 0 radical (unpaired) electrons. The molecule has 0 unspecified atom stereocenters. The van der Waals surface area contributed by atoms with Gasteiger partial charge in [0.1, 0.15) is 23.1 Å². The lowest BCUT2D eigenvalue weighted by Gasteiger charge is -2.07. The molecule has 0 saturated heterocycles. The van der Waals surface area contributed by atoms with Crippen LogP contribution in [0.15, 0.2) is 66.1 Å². The molecule has 0 spiro atoms. The van der Waals surface area contributed by atoms with E-state index in [1.807, 2.05) is 12.1 Å². The van der Waals surface area contributed by atoms with Gasteiger partial charge >= 0.3 is 0 Å². The second-order valence-corrected chi connectivity index (χ2v) is 8.43. The molecule has 4 heterocycles. The van der Waals surface area contributed by atoms with E-state index >= 15 is 0 Å². The van der Waals surface area contributed by atoms with E-state index in [1.54, 1.807) is 36.8 Å². The maximum Gasteiger partial charge on any atom is 0.177 e. The smallest absolute Gasteiger partial charge is 0.177 e. The van der Waals surface area contributed by atoms with Crippen LogP contribution in [0.1, 0.15) is 11.3 Å². The molecule has 0 saturated carbocycles. The van der Waals surface area contributed by atoms with Crippen molar-refractivity contribution in [3.63, 3.8) is 0 Å². The third-order valence-corrected chi connectivity index (χ3v) is 5.32. The number of nitrogen functional groups attached to an aromatic ring is 1. The van der Waals surface area contributed by atoms with Crippen LogP contribution in [0.5, 0.6) is 0 Å². The number of pyridine rings is 4. The summed E-state index contributed by atoms with van der Waals surface area (Å²) in [5.41, 5.74) is 7.04.